The lowest BCUT2D eigenvalue weighted by molar-refractivity contribution is 0.0239. The Morgan fingerprint density at radius 2 is 2.24 bits per heavy atom. The molecule has 0 bridgehead atoms. The van der Waals surface area contributed by atoms with Gasteiger partial charge in [-0.25, -0.2) is 4.79 Å². The van der Waals surface area contributed by atoms with E-state index in [1.807, 2.05) is 20.8 Å². The fourth-order valence-electron chi connectivity index (χ4n) is 1.78. The number of aromatic amines is 1. The number of amides is 1. The minimum atomic E-state index is -0.497. The van der Waals surface area contributed by atoms with Crippen molar-refractivity contribution >= 4 is 6.09 Å². The molecule has 1 aliphatic rings. The van der Waals surface area contributed by atoms with Crippen LogP contribution in [0.5, 0.6) is 0 Å². The fourth-order valence-corrected chi connectivity index (χ4v) is 1.78. The van der Waals surface area contributed by atoms with E-state index in [0.717, 1.165) is 11.3 Å². The van der Waals surface area contributed by atoms with Gasteiger partial charge >= 0.3 is 6.09 Å². The lowest BCUT2D eigenvalue weighted by Crippen LogP contribution is -2.33. The molecule has 0 aliphatic carbocycles. The average molecular weight is 239 g/mol. The second-order valence-electron chi connectivity index (χ2n) is 5.12. The lowest BCUT2D eigenvalue weighted by Gasteiger charge is -2.24. The van der Waals surface area contributed by atoms with Crippen molar-refractivity contribution in [3.63, 3.8) is 0 Å². The van der Waals surface area contributed by atoms with Crippen LogP contribution in [0.3, 0.4) is 0 Å². The van der Waals surface area contributed by atoms with Crippen LogP contribution in [0, 0.1) is 0 Å². The van der Waals surface area contributed by atoms with Gasteiger partial charge in [-0.1, -0.05) is 0 Å². The van der Waals surface area contributed by atoms with Gasteiger partial charge in [-0.05, 0) is 20.8 Å². The maximum absolute atomic E-state index is 11.8. The van der Waals surface area contributed by atoms with Gasteiger partial charge in [0.25, 0.3) is 0 Å². The summed E-state index contributed by atoms with van der Waals surface area (Å²) in [7, 11) is 0. The molecule has 2 rings (SSSR count). The first-order valence-electron chi connectivity index (χ1n) is 5.54. The lowest BCUT2D eigenvalue weighted by atomic mass is 10.2. The van der Waals surface area contributed by atoms with E-state index in [1.54, 1.807) is 4.90 Å². The zero-order valence-corrected chi connectivity index (χ0v) is 10.3. The van der Waals surface area contributed by atoms with Gasteiger partial charge in [0.1, 0.15) is 5.60 Å². The number of hydrogen-bond acceptors (Lipinski definition) is 4. The quantitative estimate of drug-likeness (QED) is 0.770. The molecule has 0 aromatic carbocycles. The number of H-pyrrole nitrogens is 1. The summed E-state index contributed by atoms with van der Waals surface area (Å²) >= 11 is 0. The molecule has 6 nitrogen and oxygen atoms in total. The predicted molar refractivity (Wildman–Crippen MR) is 60.0 cm³/mol. The number of rotatable bonds is 1. The molecule has 0 spiro atoms. The molecule has 2 heterocycles. The highest BCUT2D eigenvalue weighted by Crippen LogP contribution is 2.25. The number of aliphatic hydroxyl groups excluding tert-OH is 1. The monoisotopic (exact) mass is 239 g/mol. The fraction of sp³-hybridized carbons (Fsp3) is 0.636. The zero-order chi connectivity index (χ0) is 12.6. The maximum Gasteiger partial charge on any atom is 0.410 e. The summed E-state index contributed by atoms with van der Waals surface area (Å²) in [4.78, 5) is 13.4. The van der Waals surface area contributed by atoms with Gasteiger partial charge in [-0.2, -0.15) is 5.10 Å². The van der Waals surface area contributed by atoms with E-state index in [-0.39, 0.29) is 12.7 Å². The van der Waals surface area contributed by atoms with E-state index in [2.05, 4.69) is 10.2 Å². The first kappa shape index (κ1) is 11.9. The van der Waals surface area contributed by atoms with Crippen molar-refractivity contribution in [2.45, 2.75) is 46.1 Å². The summed E-state index contributed by atoms with van der Waals surface area (Å²) in [5, 5.41) is 15.9. The minimum absolute atomic E-state index is 0.0928. The summed E-state index contributed by atoms with van der Waals surface area (Å²) in [5.74, 6) is 0. The van der Waals surface area contributed by atoms with Crippen molar-refractivity contribution < 1.29 is 14.6 Å². The van der Waals surface area contributed by atoms with E-state index >= 15 is 0 Å². The van der Waals surface area contributed by atoms with E-state index in [4.69, 9.17) is 9.84 Å². The van der Waals surface area contributed by atoms with Crippen molar-refractivity contribution in [1.29, 1.82) is 0 Å². The zero-order valence-electron chi connectivity index (χ0n) is 10.3. The van der Waals surface area contributed by atoms with Crippen molar-refractivity contribution in [3.05, 3.63) is 17.0 Å². The Hall–Kier alpha value is -1.56. The van der Waals surface area contributed by atoms with Gasteiger partial charge < -0.3 is 9.84 Å². The standard InChI is InChI=1S/C11H17N3O3/c1-11(2,3)17-10(16)14-4-7-8(5-14)12-13-9(7)6-15/h15H,4-6H2,1-3H3,(H,12,13). The maximum atomic E-state index is 11.8. The number of aliphatic hydroxyl groups is 1. The molecule has 0 saturated heterocycles. The van der Waals surface area contributed by atoms with E-state index in [9.17, 15) is 4.79 Å². The van der Waals surface area contributed by atoms with Crippen LogP contribution in [0.25, 0.3) is 0 Å². The molecular formula is C11H17N3O3. The van der Waals surface area contributed by atoms with Gasteiger partial charge in [0, 0.05) is 5.56 Å². The number of aromatic nitrogens is 2. The van der Waals surface area contributed by atoms with Gasteiger partial charge in [-0.3, -0.25) is 10.00 Å². The number of nitrogens with one attached hydrogen (secondary N) is 1. The Kier molecular flexibility index (Phi) is 2.82. The number of carbonyl (C=O) groups is 1. The number of hydrogen-bond donors (Lipinski definition) is 2. The van der Waals surface area contributed by atoms with Crippen LogP contribution in [-0.2, 0) is 24.4 Å². The number of ether oxygens (including phenoxy) is 1. The van der Waals surface area contributed by atoms with Crippen molar-refractivity contribution in [2.75, 3.05) is 0 Å². The average Bonchev–Trinajstić information content (AvgIpc) is 2.72. The van der Waals surface area contributed by atoms with Gasteiger partial charge in [-0.15, -0.1) is 0 Å². The molecule has 1 amide bonds. The van der Waals surface area contributed by atoms with Crippen LogP contribution in [0.2, 0.25) is 0 Å². The van der Waals surface area contributed by atoms with Crippen LogP contribution >= 0.6 is 0 Å². The summed E-state index contributed by atoms with van der Waals surface area (Å²) in [5.41, 5.74) is 1.88. The number of fused-ring (bicyclic) bond motifs is 1. The largest absolute Gasteiger partial charge is 0.444 e. The summed E-state index contributed by atoms with van der Waals surface area (Å²) in [6.07, 6.45) is -0.348. The summed E-state index contributed by atoms with van der Waals surface area (Å²) < 4.78 is 5.28. The molecule has 1 aliphatic heterocycles. The molecule has 2 N–H and O–H groups in total. The topological polar surface area (TPSA) is 78.5 Å². The van der Waals surface area contributed by atoms with Crippen molar-refractivity contribution in [3.8, 4) is 0 Å². The molecule has 0 saturated carbocycles. The van der Waals surface area contributed by atoms with E-state index in [1.165, 1.54) is 0 Å². The molecule has 0 atom stereocenters. The number of nitrogens with zero attached hydrogens (tertiary/aromatic N) is 2. The van der Waals surface area contributed by atoms with Gasteiger partial charge in [0.2, 0.25) is 0 Å². The van der Waals surface area contributed by atoms with Crippen LogP contribution in [-0.4, -0.2) is 31.9 Å². The normalized spacial score (nSPS) is 14.9. The second-order valence-corrected chi connectivity index (χ2v) is 5.12. The van der Waals surface area contributed by atoms with Gasteiger partial charge in [0.15, 0.2) is 0 Å². The van der Waals surface area contributed by atoms with Crippen molar-refractivity contribution in [2.24, 2.45) is 0 Å². The third-order valence-electron chi connectivity index (χ3n) is 2.54. The first-order chi connectivity index (χ1) is 7.90. The molecule has 6 heteroatoms. The molecule has 0 unspecified atom stereocenters. The highest BCUT2D eigenvalue weighted by molar-refractivity contribution is 5.69. The van der Waals surface area contributed by atoms with Crippen LogP contribution in [0.4, 0.5) is 4.79 Å². The number of carbonyl (C=O) groups excluding carboxylic acids is 1. The molecule has 94 valence electrons. The Labute approximate surface area is 99.6 Å². The Bertz CT molecular complexity index is 434. The summed E-state index contributed by atoms with van der Waals surface area (Å²) in [6.45, 7) is 6.28. The van der Waals surface area contributed by atoms with Gasteiger partial charge in [0.05, 0.1) is 31.1 Å². The third-order valence-corrected chi connectivity index (χ3v) is 2.54. The minimum Gasteiger partial charge on any atom is -0.444 e. The highest BCUT2D eigenvalue weighted by atomic mass is 16.6. The Morgan fingerprint density at radius 1 is 1.53 bits per heavy atom. The molecule has 17 heavy (non-hydrogen) atoms. The van der Waals surface area contributed by atoms with E-state index < -0.39 is 5.60 Å². The predicted octanol–water partition coefficient (Wildman–Crippen LogP) is 1.15. The molecule has 1 aromatic heterocycles. The summed E-state index contributed by atoms with van der Waals surface area (Å²) in [6, 6.07) is 0. The molecule has 0 fully saturated rings. The molecule has 1 aromatic rings. The molecule has 0 radical (unpaired) electrons. The Morgan fingerprint density at radius 3 is 2.82 bits per heavy atom. The smallest absolute Gasteiger partial charge is 0.410 e. The molecular weight excluding hydrogens is 222 g/mol. The highest BCUT2D eigenvalue weighted by Gasteiger charge is 2.30. The van der Waals surface area contributed by atoms with Crippen LogP contribution < -0.4 is 0 Å². The second kappa shape index (κ2) is 4.03. The van der Waals surface area contributed by atoms with Crippen LogP contribution in [0.1, 0.15) is 37.7 Å². The van der Waals surface area contributed by atoms with Crippen molar-refractivity contribution in [1.82, 2.24) is 15.1 Å². The SMILES string of the molecule is CC(C)(C)OC(=O)N1Cc2n[nH]c(CO)c2C1. The van der Waals surface area contributed by atoms with Crippen LogP contribution in [0.15, 0.2) is 0 Å². The Balaban J connectivity index is 2.05. The van der Waals surface area contributed by atoms with E-state index in [0.29, 0.717) is 18.8 Å². The third kappa shape index (κ3) is 2.41. The first-order valence-corrected chi connectivity index (χ1v) is 5.54.